The van der Waals surface area contributed by atoms with Crippen LogP contribution in [0.5, 0.6) is 0 Å². The van der Waals surface area contributed by atoms with Crippen LogP contribution in [0.2, 0.25) is 0 Å². The highest BCUT2D eigenvalue weighted by atomic mass is 16.1. The average molecular weight is 221 g/mol. The lowest BCUT2D eigenvalue weighted by molar-refractivity contribution is 0.574. The number of aromatic amines is 1. The quantitative estimate of drug-likeness (QED) is 0.788. The van der Waals surface area contributed by atoms with Crippen molar-refractivity contribution in [2.24, 2.45) is 0 Å². The van der Waals surface area contributed by atoms with Crippen LogP contribution in [0.15, 0.2) is 11.0 Å². The third-order valence-corrected chi connectivity index (χ3v) is 3.21. The second-order valence-corrected chi connectivity index (χ2v) is 4.37. The Morgan fingerprint density at radius 1 is 1.50 bits per heavy atom. The lowest BCUT2D eigenvalue weighted by Crippen LogP contribution is -2.24. The first-order valence-corrected chi connectivity index (χ1v) is 6.10. The first kappa shape index (κ1) is 11.3. The Morgan fingerprint density at radius 3 is 3.12 bits per heavy atom. The van der Waals surface area contributed by atoms with Gasteiger partial charge in [-0.3, -0.25) is 4.79 Å². The summed E-state index contributed by atoms with van der Waals surface area (Å²) in [5.74, 6) is 1.21. The highest BCUT2D eigenvalue weighted by Crippen LogP contribution is 2.19. The maximum absolute atomic E-state index is 11.7. The Morgan fingerprint density at radius 2 is 2.38 bits per heavy atom. The molecule has 1 unspecified atom stereocenters. The molecular formula is C12H19N3O. The van der Waals surface area contributed by atoms with E-state index in [0.29, 0.717) is 5.92 Å². The molecular weight excluding hydrogens is 202 g/mol. The van der Waals surface area contributed by atoms with E-state index in [-0.39, 0.29) is 5.56 Å². The molecule has 1 fully saturated rings. The summed E-state index contributed by atoms with van der Waals surface area (Å²) in [6, 6.07) is 0. The molecule has 4 nitrogen and oxygen atoms in total. The van der Waals surface area contributed by atoms with E-state index in [0.717, 1.165) is 37.3 Å². The summed E-state index contributed by atoms with van der Waals surface area (Å²) in [4.78, 5) is 19.0. The second-order valence-electron chi connectivity index (χ2n) is 4.37. The number of nitrogens with zero attached hydrogens (tertiary/aromatic N) is 1. The molecule has 0 radical (unpaired) electrons. The van der Waals surface area contributed by atoms with Crippen molar-refractivity contribution < 1.29 is 0 Å². The Labute approximate surface area is 95.5 Å². The van der Waals surface area contributed by atoms with Crippen molar-refractivity contribution in [3.8, 4) is 0 Å². The zero-order chi connectivity index (χ0) is 11.4. The topological polar surface area (TPSA) is 57.8 Å². The van der Waals surface area contributed by atoms with Gasteiger partial charge >= 0.3 is 0 Å². The molecule has 1 aliphatic heterocycles. The fourth-order valence-electron chi connectivity index (χ4n) is 2.15. The van der Waals surface area contributed by atoms with Gasteiger partial charge in [0.1, 0.15) is 5.82 Å². The molecule has 1 aliphatic rings. The smallest absolute Gasteiger partial charge is 0.254 e. The van der Waals surface area contributed by atoms with Gasteiger partial charge in [-0.05, 0) is 25.8 Å². The summed E-state index contributed by atoms with van der Waals surface area (Å²) in [6.45, 7) is 3.97. The predicted octanol–water partition coefficient (Wildman–Crippen LogP) is 1.19. The van der Waals surface area contributed by atoms with Gasteiger partial charge in [-0.25, -0.2) is 4.98 Å². The van der Waals surface area contributed by atoms with Crippen LogP contribution >= 0.6 is 0 Å². The van der Waals surface area contributed by atoms with E-state index in [2.05, 4.69) is 15.3 Å². The molecule has 88 valence electrons. The molecule has 16 heavy (non-hydrogen) atoms. The standard InChI is InChI=1S/C12H19N3O/c1-2-9-8-14-11(15-12(9)16)10-5-3-4-6-13-7-10/h8,10,13H,2-7H2,1H3,(H,14,15,16). The van der Waals surface area contributed by atoms with Crippen LogP contribution in [0.4, 0.5) is 0 Å². The summed E-state index contributed by atoms with van der Waals surface area (Å²) in [6.07, 6.45) is 6.00. The molecule has 2 heterocycles. The van der Waals surface area contributed by atoms with Crippen molar-refractivity contribution in [1.82, 2.24) is 15.3 Å². The fourth-order valence-corrected chi connectivity index (χ4v) is 2.15. The van der Waals surface area contributed by atoms with E-state index in [1.807, 2.05) is 6.92 Å². The first-order valence-electron chi connectivity index (χ1n) is 6.10. The first-order chi connectivity index (χ1) is 7.81. The van der Waals surface area contributed by atoms with E-state index in [1.165, 1.54) is 12.8 Å². The molecule has 0 aromatic carbocycles. The Kier molecular flexibility index (Phi) is 3.72. The molecule has 4 heteroatoms. The van der Waals surface area contributed by atoms with Gasteiger partial charge in [0.15, 0.2) is 0 Å². The molecule has 1 atom stereocenters. The Balaban J connectivity index is 2.19. The van der Waals surface area contributed by atoms with Gasteiger partial charge in [0.05, 0.1) is 0 Å². The number of nitrogens with one attached hydrogen (secondary N) is 2. The summed E-state index contributed by atoms with van der Waals surface area (Å²) in [5.41, 5.74) is 0.794. The maximum atomic E-state index is 11.7. The third kappa shape index (κ3) is 2.50. The molecule has 0 bridgehead atoms. The van der Waals surface area contributed by atoms with Gasteiger partial charge in [-0.1, -0.05) is 13.3 Å². The van der Waals surface area contributed by atoms with Crippen molar-refractivity contribution in [3.63, 3.8) is 0 Å². The molecule has 1 saturated heterocycles. The normalized spacial score (nSPS) is 21.7. The summed E-state index contributed by atoms with van der Waals surface area (Å²) < 4.78 is 0. The third-order valence-electron chi connectivity index (χ3n) is 3.21. The minimum absolute atomic E-state index is 0.0248. The van der Waals surface area contributed by atoms with E-state index in [4.69, 9.17) is 0 Å². The summed E-state index contributed by atoms with van der Waals surface area (Å²) in [7, 11) is 0. The lowest BCUT2D eigenvalue weighted by atomic mass is 10.0. The number of aryl methyl sites for hydroxylation is 1. The van der Waals surface area contributed by atoms with Crippen molar-refractivity contribution in [2.75, 3.05) is 13.1 Å². The van der Waals surface area contributed by atoms with Crippen LogP contribution in [-0.4, -0.2) is 23.1 Å². The van der Waals surface area contributed by atoms with Gasteiger partial charge < -0.3 is 10.3 Å². The zero-order valence-corrected chi connectivity index (χ0v) is 9.75. The number of hydrogen-bond acceptors (Lipinski definition) is 3. The number of H-pyrrole nitrogens is 1. The SMILES string of the molecule is CCc1cnc(C2CCCCNC2)[nH]c1=O. The second kappa shape index (κ2) is 5.25. The van der Waals surface area contributed by atoms with Crippen molar-refractivity contribution >= 4 is 0 Å². The highest BCUT2D eigenvalue weighted by Gasteiger charge is 2.16. The van der Waals surface area contributed by atoms with E-state index >= 15 is 0 Å². The monoisotopic (exact) mass is 221 g/mol. The number of hydrogen-bond donors (Lipinski definition) is 2. The van der Waals surface area contributed by atoms with Crippen LogP contribution < -0.4 is 10.9 Å². The zero-order valence-electron chi connectivity index (χ0n) is 9.75. The molecule has 2 rings (SSSR count). The molecule has 1 aromatic rings. The van der Waals surface area contributed by atoms with Gasteiger partial charge in [-0.2, -0.15) is 0 Å². The lowest BCUT2D eigenvalue weighted by Gasteiger charge is -2.13. The maximum Gasteiger partial charge on any atom is 0.254 e. The van der Waals surface area contributed by atoms with Crippen molar-refractivity contribution in [3.05, 3.63) is 27.9 Å². The number of aromatic nitrogens is 2. The molecule has 0 aliphatic carbocycles. The fraction of sp³-hybridized carbons (Fsp3) is 0.667. The van der Waals surface area contributed by atoms with Gasteiger partial charge in [0.2, 0.25) is 0 Å². The highest BCUT2D eigenvalue weighted by molar-refractivity contribution is 5.08. The van der Waals surface area contributed by atoms with Crippen molar-refractivity contribution in [1.29, 1.82) is 0 Å². The largest absolute Gasteiger partial charge is 0.316 e. The van der Waals surface area contributed by atoms with Crippen LogP contribution in [-0.2, 0) is 6.42 Å². The molecule has 0 saturated carbocycles. The van der Waals surface area contributed by atoms with Gasteiger partial charge in [0, 0.05) is 24.2 Å². The van der Waals surface area contributed by atoms with Crippen LogP contribution in [0.25, 0.3) is 0 Å². The minimum Gasteiger partial charge on any atom is -0.316 e. The van der Waals surface area contributed by atoms with Crippen LogP contribution in [0.3, 0.4) is 0 Å². The van der Waals surface area contributed by atoms with E-state index in [1.54, 1.807) is 6.20 Å². The predicted molar refractivity (Wildman–Crippen MR) is 63.7 cm³/mol. The van der Waals surface area contributed by atoms with Gasteiger partial charge in [-0.15, -0.1) is 0 Å². The molecule has 0 amide bonds. The Hall–Kier alpha value is -1.16. The molecule has 2 N–H and O–H groups in total. The van der Waals surface area contributed by atoms with Gasteiger partial charge in [0.25, 0.3) is 5.56 Å². The summed E-state index contributed by atoms with van der Waals surface area (Å²) in [5, 5.41) is 3.38. The van der Waals surface area contributed by atoms with Crippen LogP contribution in [0, 0.1) is 0 Å². The number of rotatable bonds is 2. The summed E-state index contributed by atoms with van der Waals surface area (Å²) >= 11 is 0. The molecule has 0 spiro atoms. The van der Waals surface area contributed by atoms with Crippen LogP contribution in [0.1, 0.15) is 43.5 Å². The van der Waals surface area contributed by atoms with Crippen molar-refractivity contribution in [2.45, 2.75) is 38.5 Å². The van der Waals surface area contributed by atoms with E-state index in [9.17, 15) is 4.79 Å². The van der Waals surface area contributed by atoms with E-state index < -0.39 is 0 Å². The molecule has 1 aromatic heterocycles. The minimum atomic E-state index is 0.0248. The average Bonchev–Trinajstić information content (AvgIpc) is 2.57. The Bertz CT molecular complexity index is 391.